The van der Waals surface area contributed by atoms with Gasteiger partial charge in [0, 0.05) is 25.1 Å². The molecule has 0 fully saturated rings. The molecule has 0 spiro atoms. The minimum Gasteiger partial charge on any atom is -0.309 e. The number of carbonyl (C=O) groups excluding carboxylic acids is 1. The van der Waals surface area contributed by atoms with Gasteiger partial charge in [0.05, 0.1) is 0 Å². The smallest absolute Gasteiger partial charge is 0.162 e. The lowest BCUT2D eigenvalue weighted by Gasteiger charge is -2.04. The first-order valence-corrected chi connectivity index (χ1v) is 6.78. The zero-order chi connectivity index (χ0) is 12.8. The van der Waals surface area contributed by atoms with Gasteiger partial charge in [-0.05, 0) is 36.5 Å². The van der Waals surface area contributed by atoms with Crippen LogP contribution in [0.5, 0.6) is 0 Å². The van der Waals surface area contributed by atoms with Crippen molar-refractivity contribution in [2.75, 3.05) is 0 Å². The molecule has 0 radical (unpaired) electrons. The van der Waals surface area contributed by atoms with E-state index in [-0.39, 0.29) is 5.78 Å². The third-order valence-electron chi connectivity index (χ3n) is 3.47. The van der Waals surface area contributed by atoms with E-state index in [1.807, 2.05) is 12.1 Å². The summed E-state index contributed by atoms with van der Waals surface area (Å²) in [5.41, 5.74) is 3.49. The first kappa shape index (κ1) is 13.0. The largest absolute Gasteiger partial charge is 0.309 e. The first-order valence-electron chi connectivity index (χ1n) is 6.78. The Morgan fingerprint density at radius 1 is 1.22 bits per heavy atom. The molecule has 18 heavy (non-hydrogen) atoms. The molecule has 2 heteroatoms. The number of fused-ring (bicyclic) bond motifs is 1. The first-order chi connectivity index (χ1) is 8.81. The normalized spacial score (nSPS) is 13.3. The fraction of sp³-hybridized carbons (Fsp3) is 0.438. The monoisotopic (exact) mass is 243 g/mol. The molecule has 1 heterocycles. The summed E-state index contributed by atoms with van der Waals surface area (Å²) in [5, 5.41) is 3.30. The number of benzene rings is 1. The Balaban J connectivity index is 1.83. The van der Waals surface area contributed by atoms with E-state index < -0.39 is 0 Å². The summed E-state index contributed by atoms with van der Waals surface area (Å²) in [6, 6.07) is 6.11. The van der Waals surface area contributed by atoms with Crippen molar-refractivity contribution in [1.29, 1.82) is 0 Å². The third-order valence-corrected chi connectivity index (χ3v) is 3.47. The van der Waals surface area contributed by atoms with Crippen molar-refractivity contribution in [3.05, 3.63) is 47.5 Å². The van der Waals surface area contributed by atoms with E-state index in [9.17, 15) is 4.79 Å². The molecule has 0 atom stereocenters. The summed E-state index contributed by atoms with van der Waals surface area (Å²) in [6.07, 6.45) is 6.91. The van der Waals surface area contributed by atoms with Gasteiger partial charge in [-0.2, -0.15) is 0 Å². The second kappa shape index (κ2) is 6.50. The van der Waals surface area contributed by atoms with E-state index in [0.717, 1.165) is 44.3 Å². The maximum atomic E-state index is 12.0. The predicted octanol–water partition coefficient (Wildman–Crippen LogP) is 3.61. The van der Waals surface area contributed by atoms with Crippen LogP contribution in [-0.2, 0) is 13.1 Å². The number of allylic oxidation sites excluding steroid dienone is 1. The number of nitrogens with one attached hydrogen (secondary N) is 1. The van der Waals surface area contributed by atoms with Gasteiger partial charge in [0.15, 0.2) is 5.78 Å². The van der Waals surface area contributed by atoms with Gasteiger partial charge in [-0.3, -0.25) is 4.79 Å². The van der Waals surface area contributed by atoms with Crippen molar-refractivity contribution in [2.45, 2.75) is 45.2 Å². The van der Waals surface area contributed by atoms with E-state index in [1.54, 1.807) is 0 Å². The molecule has 96 valence electrons. The second-order valence-corrected chi connectivity index (χ2v) is 4.90. The quantitative estimate of drug-likeness (QED) is 0.450. The Bertz CT molecular complexity index is 437. The van der Waals surface area contributed by atoms with Gasteiger partial charge in [0.2, 0.25) is 0 Å². The lowest BCUT2D eigenvalue weighted by molar-refractivity contribution is 0.0979. The molecule has 0 unspecified atom stereocenters. The Labute approximate surface area is 109 Å². The van der Waals surface area contributed by atoms with Crippen LogP contribution in [0.2, 0.25) is 0 Å². The summed E-state index contributed by atoms with van der Waals surface area (Å²) in [7, 11) is 0. The molecule has 2 nitrogen and oxygen atoms in total. The van der Waals surface area contributed by atoms with Gasteiger partial charge in [0.1, 0.15) is 0 Å². The van der Waals surface area contributed by atoms with E-state index in [0.29, 0.717) is 6.42 Å². The van der Waals surface area contributed by atoms with Crippen LogP contribution in [0.4, 0.5) is 0 Å². The number of ketones is 1. The minimum atomic E-state index is 0.281. The van der Waals surface area contributed by atoms with Crippen LogP contribution < -0.4 is 5.32 Å². The molecule has 1 aliphatic rings. The molecule has 0 aromatic heterocycles. The molecule has 1 aromatic carbocycles. The Morgan fingerprint density at radius 3 is 2.89 bits per heavy atom. The van der Waals surface area contributed by atoms with Crippen molar-refractivity contribution < 1.29 is 4.79 Å². The van der Waals surface area contributed by atoms with Crippen LogP contribution in [0.15, 0.2) is 30.9 Å². The van der Waals surface area contributed by atoms with Crippen LogP contribution in [0, 0.1) is 0 Å². The topological polar surface area (TPSA) is 29.1 Å². The van der Waals surface area contributed by atoms with Gasteiger partial charge in [-0.1, -0.05) is 24.6 Å². The molecule has 2 rings (SSSR count). The zero-order valence-electron chi connectivity index (χ0n) is 10.9. The number of Topliss-reactive ketones (excluding diaryl/α,β-unsaturated/α-hetero) is 1. The van der Waals surface area contributed by atoms with Crippen molar-refractivity contribution in [2.24, 2.45) is 0 Å². The molecule has 0 aliphatic carbocycles. The second-order valence-electron chi connectivity index (χ2n) is 4.90. The van der Waals surface area contributed by atoms with Gasteiger partial charge in [-0.25, -0.2) is 0 Å². The Kier molecular flexibility index (Phi) is 4.71. The summed E-state index contributed by atoms with van der Waals surface area (Å²) in [4.78, 5) is 12.0. The SMILES string of the molecule is C=CCCCCCC(=O)c1ccc2c(c1)CNC2. The van der Waals surface area contributed by atoms with Crippen LogP contribution in [-0.4, -0.2) is 5.78 Å². The highest BCUT2D eigenvalue weighted by Gasteiger charge is 2.13. The molecule has 1 aliphatic heterocycles. The summed E-state index contributed by atoms with van der Waals surface area (Å²) < 4.78 is 0. The lowest BCUT2D eigenvalue weighted by atomic mass is 10.00. The highest BCUT2D eigenvalue weighted by atomic mass is 16.1. The molecule has 0 saturated carbocycles. The Morgan fingerprint density at radius 2 is 2.06 bits per heavy atom. The third kappa shape index (κ3) is 3.30. The summed E-state index contributed by atoms with van der Waals surface area (Å²) >= 11 is 0. The fourth-order valence-corrected chi connectivity index (χ4v) is 2.36. The number of carbonyl (C=O) groups is 1. The van der Waals surface area contributed by atoms with Crippen molar-refractivity contribution in [1.82, 2.24) is 5.32 Å². The highest BCUT2D eigenvalue weighted by molar-refractivity contribution is 5.96. The maximum Gasteiger partial charge on any atom is 0.162 e. The van der Waals surface area contributed by atoms with E-state index in [2.05, 4.69) is 24.0 Å². The molecule has 0 bridgehead atoms. The molecule has 1 N–H and O–H groups in total. The molecule has 1 aromatic rings. The Hall–Kier alpha value is -1.41. The predicted molar refractivity (Wildman–Crippen MR) is 74.6 cm³/mol. The lowest BCUT2D eigenvalue weighted by Crippen LogP contribution is -2.01. The van der Waals surface area contributed by atoms with Gasteiger partial charge < -0.3 is 5.32 Å². The standard InChI is InChI=1S/C16H21NO/c1-2-3-4-5-6-7-16(18)13-8-9-14-11-17-12-15(14)10-13/h2,8-10,17H,1,3-7,11-12H2. The summed E-state index contributed by atoms with van der Waals surface area (Å²) in [6.45, 7) is 5.54. The number of unbranched alkanes of at least 4 members (excludes halogenated alkanes) is 3. The van der Waals surface area contributed by atoms with Gasteiger partial charge >= 0.3 is 0 Å². The van der Waals surface area contributed by atoms with Crippen molar-refractivity contribution >= 4 is 5.78 Å². The molecular formula is C16H21NO. The van der Waals surface area contributed by atoms with Crippen molar-refractivity contribution in [3.8, 4) is 0 Å². The minimum absolute atomic E-state index is 0.281. The average molecular weight is 243 g/mol. The zero-order valence-corrected chi connectivity index (χ0v) is 10.9. The highest BCUT2D eigenvalue weighted by Crippen LogP contribution is 2.18. The summed E-state index contributed by atoms with van der Waals surface area (Å²) in [5.74, 6) is 0.281. The van der Waals surface area contributed by atoms with E-state index in [1.165, 1.54) is 11.1 Å². The van der Waals surface area contributed by atoms with Crippen LogP contribution in [0.1, 0.15) is 53.6 Å². The van der Waals surface area contributed by atoms with Gasteiger partial charge in [0.25, 0.3) is 0 Å². The maximum absolute atomic E-state index is 12.0. The van der Waals surface area contributed by atoms with Crippen LogP contribution in [0.3, 0.4) is 0 Å². The fourth-order valence-electron chi connectivity index (χ4n) is 2.36. The molecule has 0 saturated heterocycles. The van der Waals surface area contributed by atoms with Crippen LogP contribution in [0.25, 0.3) is 0 Å². The molecular weight excluding hydrogens is 222 g/mol. The average Bonchev–Trinajstić information content (AvgIpc) is 2.85. The van der Waals surface area contributed by atoms with E-state index >= 15 is 0 Å². The number of rotatable bonds is 7. The van der Waals surface area contributed by atoms with Gasteiger partial charge in [-0.15, -0.1) is 6.58 Å². The number of hydrogen-bond acceptors (Lipinski definition) is 2. The van der Waals surface area contributed by atoms with Crippen LogP contribution >= 0.6 is 0 Å². The van der Waals surface area contributed by atoms with E-state index in [4.69, 9.17) is 0 Å². The molecule has 0 amide bonds. The van der Waals surface area contributed by atoms with Crippen molar-refractivity contribution in [3.63, 3.8) is 0 Å². The number of hydrogen-bond donors (Lipinski definition) is 1.